The zero-order chi connectivity index (χ0) is 12.6. The van der Waals surface area contributed by atoms with Crippen LogP contribution in [0.5, 0.6) is 0 Å². The number of nitrogens with one attached hydrogen (secondary N) is 1. The molecule has 0 fully saturated rings. The zero-order valence-corrected chi connectivity index (χ0v) is 9.27. The van der Waals surface area contributed by atoms with Gasteiger partial charge >= 0.3 is 5.97 Å². The Kier molecular flexibility index (Phi) is 6.66. The van der Waals surface area contributed by atoms with Crippen molar-refractivity contribution >= 4 is 17.8 Å². The Morgan fingerprint density at radius 3 is 2.44 bits per heavy atom. The fourth-order valence-electron chi connectivity index (χ4n) is 1.17. The maximum atomic E-state index is 10.7. The van der Waals surface area contributed by atoms with Crippen LogP contribution in [0.4, 0.5) is 0 Å². The number of amides is 1. The summed E-state index contributed by atoms with van der Waals surface area (Å²) in [5.74, 6) is -1.36. The highest BCUT2D eigenvalue weighted by Gasteiger charge is 2.17. The molecule has 0 heterocycles. The highest BCUT2D eigenvalue weighted by atomic mass is 16.4. The third-order valence-electron chi connectivity index (χ3n) is 1.87. The molecule has 0 aliphatic heterocycles. The van der Waals surface area contributed by atoms with Gasteiger partial charge in [0.25, 0.3) is 0 Å². The number of carbonyl (C=O) groups excluding carboxylic acids is 1. The second kappa shape index (κ2) is 7.49. The SMILES string of the molecule is CC(=O)N[C@H](CCCCN=C(N)N)C(=O)O. The molecule has 1 amide bonds. The van der Waals surface area contributed by atoms with E-state index in [4.69, 9.17) is 16.6 Å². The lowest BCUT2D eigenvalue weighted by atomic mass is 10.1. The van der Waals surface area contributed by atoms with Crippen molar-refractivity contribution in [1.29, 1.82) is 0 Å². The third kappa shape index (κ3) is 7.60. The Labute approximate surface area is 93.9 Å². The van der Waals surface area contributed by atoms with Gasteiger partial charge in [-0.25, -0.2) is 4.79 Å². The summed E-state index contributed by atoms with van der Waals surface area (Å²) in [5.41, 5.74) is 10.3. The van der Waals surface area contributed by atoms with Crippen LogP contribution in [0.1, 0.15) is 26.2 Å². The van der Waals surface area contributed by atoms with E-state index >= 15 is 0 Å². The molecule has 0 aromatic heterocycles. The van der Waals surface area contributed by atoms with Gasteiger partial charge in [-0.05, 0) is 19.3 Å². The molecule has 92 valence electrons. The lowest BCUT2D eigenvalue weighted by molar-refractivity contribution is -0.141. The minimum atomic E-state index is -1.03. The quantitative estimate of drug-likeness (QED) is 0.253. The summed E-state index contributed by atoms with van der Waals surface area (Å²) in [4.78, 5) is 25.2. The largest absolute Gasteiger partial charge is 0.480 e. The number of carbonyl (C=O) groups is 2. The molecule has 7 nitrogen and oxygen atoms in total. The highest BCUT2D eigenvalue weighted by molar-refractivity contribution is 5.81. The molecule has 16 heavy (non-hydrogen) atoms. The molecule has 1 atom stereocenters. The number of unbranched alkanes of at least 4 members (excludes halogenated alkanes) is 1. The number of carboxylic acid groups (broad SMARTS) is 1. The number of hydrogen-bond acceptors (Lipinski definition) is 3. The molecular weight excluding hydrogens is 212 g/mol. The van der Waals surface area contributed by atoms with E-state index in [9.17, 15) is 9.59 Å². The maximum absolute atomic E-state index is 10.7. The molecule has 0 aliphatic carbocycles. The predicted octanol–water partition coefficient (Wildman–Crippen LogP) is -0.981. The first kappa shape index (κ1) is 14.2. The normalized spacial score (nSPS) is 11.6. The lowest BCUT2D eigenvalue weighted by Crippen LogP contribution is -2.39. The molecule has 7 heteroatoms. The van der Waals surface area contributed by atoms with Crippen LogP contribution in [0.15, 0.2) is 4.99 Å². The van der Waals surface area contributed by atoms with Gasteiger partial charge in [0.05, 0.1) is 0 Å². The van der Waals surface area contributed by atoms with Gasteiger partial charge in [0.2, 0.25) is 5.91 Å². The first-order valence-corrected chi connectivity index (χ1v) is 4.98. The summed E-state index contributed by atoms with van der Waals surface area (Å²) in [6.45, 7) is 1.75. The van der Waals surface area contributed by atoms with Crippen LogP contribution in [-0.4, -0.2) is 35.5 Å². The molecule has 0 bridgehead atoms. The molecule has 6 N–H and O–H groups in total. The lowest BCUT2D eigenvalue weighted by Gasteiger charge is -2.12. The van der Waals surface area contributed by atoms with Crippen molar-refractivity contribution in [1.82, 2.24) is 5.32 Å². The second-order valence-corrected chi connectivity index (χ2v) is 3.39. The van der Waals surface area contributed by atoms with Crippen LogP contribution in [0, 0.1) is 0 Å². The monoisotopic (exact) mass is 230 g/mol. The number of nitrogens with zero attached hydrogens (tertiary/aromatic N) is 1. The zero-order valence-electron chi connectivity index (χ0n) is 9.27. The number of nitrogens with two attached hydrogens (primary N) is 2. The van der Waals surface area contributed by atoms with Crippen molar-refractivity contribution in [2.24, 2.45) is 16.5 Å². The standard InChI is InChI=1S/C9H18N4O3/c1-6(14)13-7(8(15)16)4-2-3-5-12-9(10)11/h7H,2-5H2,1H3,(H,13,14)(H,15,16)(H4,10,11,12)/t7-/m1/s1. The summed E-state index contributed by atoms with van der Waals surface area (Å²) >= 11 is 0. The number of aliphatic imine (C=N–C) groups is 1. The van der Waals surface area contributed by atoms with Crippen molar-refractivity contribution in [2.75, 3.05) is 6.54 Å². The molecule has 0 rings (SSSR count). The summed E-state index contributed by atoms with van der Waals surface area (Å²) in [6.07, 6.45) is 1.68. The number of carboxylic acids is 1. The van der Waals surface area contributed by atoms with Gasteiger partial charge in [0.15, 0.2) is 5.96 Å². The van der Waals surface area contributed by atoms with Gasteiger partial charge in [-0.3, -0.25) is 9.79 Å². The summed E-state index contributed by atoms with van der Waals surface area (Å²) in [7, 11) is 0. The molecule has 0 radical (unpaired) electrons. The fraction of sp³-hybridized carbons (Fsp3) is 0.667. The van der Waals surface area contributed by atoms with Crippen LogP contribution >= 0.6 is 0 Å². The number of hydrogen-bond donors (Lipinski definition) is 4. The third-order valence-corrected chi connectivity index (χ3v) is 1.87. The van der Waals surface area contributed by atoms with E-state index in [1.165, 1.54) is 6.92 Å². The topological polar surface area (TPSA) is 131 Å². The molecular formula is C9H18N4O3. The van der Waals surface area contributed by atoms with E-state index in [1.54, 1.807) is 0 Å². The van der Waals surface area contributed by atoms with E-state index in [2.05, 4.69) is 10.3 Å². The van der Waals surface area contributed by atoms with Gasteiger partial charge in [-0.1, -0.05) is 0 Å². The Bertz CT molecular complexity index is 274. The van der Waals surface area contributed by atoms with Crippen molar-refractivity contribution in [3.05, 3.63) is 0 Å². The molecule has 0 aromatic carbocycles. The predicted molar refractivity (Wildman–Crippen MR) is 59.8 cm³/mol. The van der Waals surface area contributed by atoms with Crippen LogP contribution in [-0.2, 0) is 9.59 Å². The van der Waals surface area contributed by atoms with Crippen LogP contribution in [0.25, 0.3) is 0 Å². The summed E-state index contributed by atoms with van der Waals surface area (Å²) in [6, 6.07) is -0.836. The van der Waals surface area contributed by atoms with E-state index in [0.29, 0.717) is 25.8 Å². The van der Waals surface area contributed by atoms with Crippen molar-refractivity contribution < 1.29 is 14.7 Å². The Balaban J connectivity index is 3.81. The molecule has 0 spiro atoms. The number of rotatable bonds is 7. The van der Waals surface area contributed by atoms with Gasteiger partial charge in [0, 0.05) is 13.5 Å². The average Bonchev–Trinajstić information content (AvgIpc) is 2.14. The van der Waals surface area contributed by atoms with Crippen molar-refractivity contribution in [3.63, 3.8) is 0 Å². The Morgan fingerprint density at radius 1 is 1.38 bits per heavy atom. The number of guanidine groups is 1. The molecule has 0 aliphatic rings. The van der Waals surface area contributed by atoms with Gasteiger partial charge < -0.3 is 21.9 Å². The smallest absolute Gasteiger partial charge is 0.326 e. The van der Waals surface area contributed by atoms with Gasteiger partial charge in [0.1, 0.15) is 6.04 Å². The van der Waals surface area contributed by atoms with E-state index in [-0.39, 0.29) is 11.9 Å². The van der Waals surface area contributed by atoms with Crippen LogP contribution < -0.4 is 16.8 Å². The minimum Gasteiger partial charge on any atom is -0.480 e. The molecule has 0 saturated carbocycles. The summed E-state index contributed by atoms with van der Waals surface area (Å²) in [5, 5.41) is 11.1. The van der Waals surface area contributed by atoms with Crippen LogP contribution in [0.2, 0.25) is 0 Å². The first-order valence-electron chi connectivity index (χ1n) is 4.98. The van der Waals surface area contributed by atoms with E-state index in [0.717, 1.165) is 0 Å². The summed E-state index contributed by atoms with van der Waals surface area (Å²) < 4.78 is 0. The van der Waals surface area contributed by atoms with E-state index in [1.807, 2.05) is 0 Å². The highest BCUT2D eigenvalue weighted by Crippen LogP contribution is 2.01. The fourth-order valence-corrected chi connectivity index (χ4v) is 1.17. The van der Waals surface area contributed by atoms with Crippen LogP contribution in [0.3, 0.4) is 0 Å². The minimum absolute atomic E-state index is 0.0247. The first-order chi connectivity index (χ1) is 7.43. The Morgan fingerprint density at radius 2 is 2.00 bits per heavy atom. The van der Waals surface area contributed by atoms with Crippen molar-refractivity contribution in [3.8, 4) is 0 Å². The van der Waals surface area contributed by atoms with Gasteiger partial charge in [-0.15, -0.1) is 0 Å². The molecule has 0 aromatic rings. The van der Waals surface area contributed by atoms with Gasteiger partial charge in [-0.2, -0.15) is 0 Å². The number of aliphatic carboxylic acids is 1. The average molecular weight is 230 g/mol. The molecule has 0 unspecified atom stereocenters. The second-order valence-electron chi connectivity index (χ2n) is 3.39. The Hall–Kier alpha value is -1.79. The van der Waals surface area contributed by atoms with Crippen molar-refractivity contribution in [2.45, 2.75) is 32.2 Å². The van der Waals surface area contributed by atoms with E-state index < -0.39 is 12.0 Å². The molecule has 0 saturated heterocycles. The maximum Gasteiger partial charge on any atom is 0.326 e.